The molecule has 0 saturated heterocycles. The first-order valence-electron chi connectivity index (χ1n) is 9.32. The minimum atomic E-state index is -0.159. The molecule has 1 aromatic heterocycles. The molecule has 0 aliphatic rings. The van der Waals surface area contributed by atoms with E-state index in [0.29, 0.717) is 33.9 Å². The van der Waals surface area contributed by atoms with Gasteiger partial charge in [-0.3, -0.25) is 9.36 Å². The summed E-state index contributed by atoms with van der Waals surface area (Å²) < 4.78 is 12.0. The molecule has 0 spiro atoms. The van der Waals surface area contributed by atoms with E-state index < -0.39 is 0 Å². The van der Waals surface area contributed by atoms with Crippen LogP contribution in [-0.4, -0.2) is 28.9 Å². The first-order valence-corrected chi connectivity index (χ1v) is 9.32. The average Bonchev–Trinajstić information content (AvgIpc) is 2.79. The van der Waals surface area contributed by atoms with Gasteiger partial charge >= 0.3 is 0 Å². The first-order chi connectivity index (χ1) is 14.6. The second-order valence-corrected chi connectivity index (χ2v) is 6.59. The van der Waals surface area contributed by atoms with E-state index in [2.05, 4.69) is 0 Å². The summed E-state index contributed by atoms with van der Waals surface area (Å²) >= 11 is 0. The molecule has 4 rings (SSSR count). The molecule has 30 heavy (non-hydrogen) atoms. The summed E-state index contributed by atoms with van der Waals surface area (Å²) in [6.07, 6.45) is 3.59. The summed E-state index contributed by atoms with van der Waals surface area (Å²) in [4.78, 5) is 18.0. The van der Waals surface area contributed by atoms with Crippen molar-refractivity contribution in [3.63, 3.8) is 0 Å². The summed E-state index contributed by atoms with van der Waals surface area (Å²) in [6.45, 7) is 0. The van der Waals surface area contributed by atoms with Crippen molar-refractivity contribution in [2.45, 2.75) is 0 Å². The highest BCUT2D eigenvalue weighted by Crippen LogP contribution is 2.27. The van der Waals surface area contributed by atoms with Gasteiger partial charge in [0.05, 0.1) is 30.8 Å². The lowest BCUT2D eigenvalue weighted by molar-refractivity contribution is 0.373. The molecular formula is C24H20N2O4. The van der Waals surface area contributed by atoms with Crippen LogP contribution in [0.2, 0.25) is 0 Å². The zero-order valence-corrected chi connectivity index (χ0v) is 16.6. The average molecular weight is 400 g/mol. The van der Waals surface area contributed by atoms with Crippen molar-refractivity contribution in [3.8, 4) is 22.9 Å². The van der Waals surface area contributed by atoms with Gasteiger partial charge in [0, 0.05) is 0 Å². The van der Waals surface area contributed by atoms with Gasteiger partial charge in [-0.25, -0.2) is 4.98 Å². The Morgan fingerprint density at radius 2 is 1.70 bits per heavy atom. The van der Waals surface area contributed by atoms with Crippen molar-refractivity contribution in [1.82, 2.24) is 9.55 Å². The van der Waals surface area contributed by atoms with Crippen molar-refractivity contribution >= 4 is 23.1 Å². The third kappa shape index (κ3) is 3.63. The molecule has 0 unspecified atom stereocenters. The summed E-state index contributed by atoms with van der Waals surface area (Å²) in [7, 11) is 3.09. The van der Waals surface area contributed by atoms with Gasteiger partial charge in [-0.2, -0.15) is 0 Å². The smallest absolute Gasteiger partial charge is 0.266 e. The van der Waals surface area contributed by atoms with Crippen molar-refractivity contribution in [3.05, 3.63) is 88.5 Å². The number of aromatic hydroxyl groups is 1. The number of aromatic nitrogens is 2. The molecule has 6 heteroatoms. The lowest BCUT2D eigenvalue weighted by Crippen LogP contribution is -2.22. The summed E-state index contributed by atoms with van der Waals surface area (Å²) in [6, 6.07) is 19.5. The number of ether oxygens (including phenoxy) is 2. The third-order valence-electron chi connectivity index (χ3n) is 4.76. The van der Waals surface area contributed by atoms with E-state index in [1.807, 2.05) is 36.4 Å². The first kappa shape index (κ1) is 19.3. The van der Waals surface area contributed by atoms with Crippen molar-refractivity contribution in [1.29, 1.82) is 0 Å². The van der Waals surface area contributed by atoms with E-state index in [1.165, 1.54) is 7.11 Å². The Hall–Kier alpha value is -4.06. The number of benzene rings is 3. The molecule has 0 radical (unpaired) electrons. The predicted molar refractivity (Wildman–Crippen MR) is 117 cm³/mol. The minimum Gasteiger partial charge on any atom is -0.504 e. The van der Waals surface area contributed by atoms with E-state index in [9.17, 15) is 9.90 Å². The van der Waals surface area contributed by atoms with Gasteiger partial charge in [0.25, 0.3) is 5.56 Å². The molecule has 0 saturated carbocycles. The van der Waals surface area contributed by atoms with Crippen LogP contribution in [0.1, 0.15) is 11.4 Å². The second-order valence-electron chi connectivity index (χ2n) is 6.59. The van der Waals surface area contributed by atoms with Crippen LogP contribution in [0.5, 0.6) is 17.2 Å². The predicted octanol–water partition coefficient (Wildman–Crippen LogP) is 4.28. The van der Waals surface area contributed by atoms with E-state index in [4.69, 9.17) is 14.5 Å². The molecule has 1 N–H and O–H groups in total. The van der Waals surface area contributed by atoms with Crippen LogP contribution in [0, 0.1) is 0 Å². The lowest BCUT2D eigenvalue weighted by atomic mass is 10.1. The van der Waals surface area contributed by atoms with Crippen molar-refractivity contribution in [2.75, 3.05) is 14.2 Å². The third-order valence-corrected chi connectivity index (χ3v) is 4.76. The number of hydrogen-bond donors (Lipinski definition) is 1. The Labute approximate surface area is 173 Å². The molecule has 0 bridgehead atoms. The molecule has 0 aliphatic heterocycles. The minimum absolute atomic E-state index is 0.0635. The van der Waals surface area contributed by atoms with Crippen LogP contribution >= 0.6 is 0 Å². The summed E-state index contributed by atoms with van der Waals surface area (Å²) in [5, 5.41) is 10.3. The Balaban J connectivity index is 1.88. The van der Waals surface area contributed by atoms with Crippen molar-refractivity contribution in [2.24, 2.45) is 0 Å². The van der Waals surface area contributed by atoms with Gasteiger partial charge in [-0.1, -0.05) is 24.3 Å². The maximum Gasteiger partial charge on any atom is 0.266 e. The number of rotatable bonds is 5. The van der Waals surface area contributed by atoms with Crippen LogP contribution in [0.3, 0.4) is 0 Å². The van der Waals surface area contributed by atoms with Gasteiger partial charge < -0.3 is 14.6 Å². The normalized spacial score (nSPS) is 11.1. The number of hydrogen-bond acceptors (Lipinski definition) is 5. The fourth-order valence-corrected chi connectivity index (χ4v) is 3.21. The van der Waals surface area contributed by atoms with E-state index in [-0.39, 0.29) is 11.3 Å². The van der Waals surface area contributed by atoms with Crippen LogP contribution in [-0.2, 0) is 0 Å². The van der Waals surface area contributed by atoms with Gasteiger partial charge in [-0.05, 0) is 60.2 Å². The van der Waals surface area contributed by atoms with E-state index >= 15 is 0 Å². The monoisotopic (exact) mass is 400 g/mol. The van der Waals surface area contributed by atoms with Crippen LogP contribution in [0.4, 0.5) is 0 Å². The molecule has 3 aromatic carbocycles. The van der Waals surface area contributed by atoms with Gasteiger partial charge in [0.1, 0.15) is 11.6 Å². The largest absolute Gasteiger partial charge is 0.504 e. The number of nitrogens with zero attached hydrogens (tertiary/aromatic N) is 2. The number of phenolic OH excluding ortho intramolecular Hbond substituents is 1. The molecule has 1 heterocycles. The highest BCUT2D eigenvalue weighted by molar-refractivity contribution is 5.80. The summed E-state index contributed by atoms with van der Waals surface area (Å²) in [5.74, 6) is 1.62. The topological polar surface area (TPSA) is 73.6 Å². The second kappa shape index (κ2) is 8.13. The molecular weight excluding hydrogens is 380 g/mol. The number of phenols is 1. The SMILES string of the molecule is COc1ccc(-n2c(C=Cc3ccc(O)c(OC)c3)nc3ccccc3c2=O)cc1. The van der Waals surface area contributed by atoms with Crippen LogP contribution in [0.25, 0.3) is 28.7 Å². The number of methoxy groups -OCH3 is 2. The van der Waals surface area contributed by atoms with Crippen molar-refractivity contribution < 1.29 is 14.6 Å². The standard InChI is InChI=1S/C24H20N2O4/c1-29-18-11-9-17(10-12-18)26-23(25-20-6-4-3-5-19(20)24(26)28)14-8-16-7-13-21(27)22(15-16)30-2/h3-15,27H,1-2H3. The van der Waals surface area contributed by atoms with Gasteiger partial charge in [0.2, 0.25) is 0 Å². The highest BCUT2D eigenvalue weighted by Gasteiger charge is 2.11. The molecule has 6 nitrogen and oxygen atoms in total. The van der Waals surface area contributed by atoms with Crippen LogP contribution < -0.4 is 15.0 Å². The molecule has 150 valence electrons. The maximum absolute atomic E-state index is 13.3. The number of fused-ring (bicyclic) bond motifs is 1. The summed E-state index contributed by atoms with van der Waals surface area (Å²) in [5.41, 5.74) is 1.94. The molecule has 4 aromatic rings. The molecule has 0 aliphatic carbocycles. The fraction of sp³-hybridized carbons (Fsp3) is 0.0833. The molecule has 0 atom stereocenters. The Bertz CT molecular complexity index is 1290. The zero-order chi connectivity index (χ0) is 21.1. The van der Waals surface area contributed by atoms with E-state index in [1.54, 1.807) is 54.2 Å². The Morgan fingerprint density at radius 3 is 2.43 bits per heavy atom. The Morgan fingerprint density at radius 1 is 0.933 bits per heavy atom. The highest BCUT2D eigenvalue weighted by atomic mass is 16.5. The quantitative estimate of drug-likeness (QED) is 0.541. The lowest BCUT2D eigenvalue weighted by Gasteiger charge is -2.12. The van der Waals surface area contributed by atoms with Crippen LogP contribution in [0.15, 0.2) is 71.5 Å². The number of para-hydroxylation sites is 1. The van der Waals surface area contributed by atoms with Gasteiger partial charge in [-0.15, -0.1) is 0 Å². The van der Waals surface area contributed by atoms with Gasteiger partial charge in [0.15, 0.2) is 11.5 Å². The maximum atomic E-state index is 13.3. The fourth-order valence-electron chi connectivity index (χ4n) is 3.21. The Kier molecular flexibility index (Phi) is 5.22. The van der Waals surface area contributed by atoms with E-state index in [0.717, 1.165) is 5.56 Å². The zero-order valence-electron chi connectivity index (χ0n) is 16.6. The molecule has 0 fully saturated rings. The molecule has 0 amide bonds.